The molecule has 3 rings (SSSR count). The van der Waals surface area contributed by atoms with Crippen LogP contribution in [0.1, 0.15) is 5.56 Å². The van der Waals surface area contributed by atoms with Crippen molar-refractivity contribution in [2.24, 2.45) is 0 Å². The highest BCUT2D eigenvalue weighted by Gasteiger charge is 2.10. The minimum atomic E-state index is -0.812. The number of fused-ring (bicyclic) bond motifs is 1. The van der Waals surface area contributed by atoms with Gasteiger partial charge in [0.05, 0.1) is 43.1 Å². The van der Waals surface area contributed by atoms with Gasteiger partial charge in [-0.05, 0) is 23.8 Å². The Morgan fingerprint density at radius 3 is 2.75 bits per heavy atom. The molecule has 1 N–H and O–H groups in total. The van der Waals surface area contributed by atoms with Crippen LogP contribution in [-0.2, 0) is 17.9 Å². The Labute approximate surface area is 144 Å². The predicted molar refractivity (Wildman–Crippen MR) is 93.1 cm³/mol. The van der Waals surface area contributed by atoms with E-state index >= 15 is 0 Å². The van der Waals surface area contributed by atoms with Gasteiger partial charge in [-0.1, -0.05) is 41.9 Å². The lowest BCUT2D eigenvalue weighted by atomic mass is 10.2. The van der Waals surface area contributed by atoms with E-state index in [4.69, 9.17) is 16.3 Å². The second-order valence-corrected chi connectivity index (χ2v) is 5.89. The van der Waals surface area contributed by atoms with Gasteiger partial charge in [0, 0.05) is 5.02 Å². The summed E-state index contributed by atoms with van der Waals surface area (Å²) in [5.41, 5.74) is 1.32. The topological polar surface area (TPSA) is 64.4 Å². The summed E-state index contributed by atoms with van der Waals surface area (Å²) in [6.07, 6.45) is 0.634. The predicted octanol–water partition coefficient (Wildman–Crippen LogP) is 2.63. The molecule has 0 radical (unpaired) electrons. The maximum Gasteiger partial charge on any atom is 0.261 e. The number of hydrogen-bond donors (Lipinski definition) is 1. The fourth-order valence-corrected chi connectivity index (χ4v) is 2.63. The monoisotopic (exact) mass is 344 g/mol. The van der Waals surface area contributed by atoms with Crippen molar-refractivity contribution in [2.75, 3.05) is 6.61 Å². The summed E-state index contributed by atoms with van der Waals surface area (Å²) in [4.78, 5) is 16.6. The molecule has 0 saturated carbocycles. The van der Waals surface area contributed by atoms with E-state index in [1.165, 1.54) is 10.9 Å². The second kappa shape index (κ2) is 7.57. The summed E-state index contributed by atoms with van der Waals surface area (Å²) in [6, 6.07) is 14.5. The molecule has 3 aromatic rings. The van der Waals surface area contributed by atoms with Gasteiger partial charge >= 0.3 is 0 Å². The summed E-state index contributed by atoms with van der Waals surface area (Å²) in [5.74, 6) is 0. The van der Waals surface area contributed by atoms with Gasteiger partial charge in [-0.25, -0.2) is 4.98 Å². The Morgan fingerprint density at radius 2 is 1.92 bits per heavy atom. The van der Waals surface area contributed by atoms with Crippen molar-refractivity contribution >= 4 is 22.5 Å². The molecule has 0 aliphatic carbocycles. The lowest BCUT2D eigenvalue weighted by Crippen LogP contribution is -2.29. The van der Waals surface area contributed by atoms with Gasteiger partial charge in [0.1, 0.15) is 0 Å². The molecule has 0 saturated heterocycles. The van der Waals surface area contributed by atoms with Gasteiger partial charge in [-0.3, -0.25) is 9.36 Å². The van der Waals surface area contributed by atoms with Gasteiger partial charge in [0.25, 0.3) is 5.56 Å². The molecule has 5 nitrogen and oxygen atoms in total. The average Bonchev–Trinajstić information content (AvgIpc) is 2.59. The molecule has 6 heteroatoms. The van der Waals surface area contributed by atoms with Gasteiger partial charge in [0.2, 0.25) is 0 Å². The molecule has 124 valence electrons. The largest absolute Gasteiger partial charge is 0.389 e. The Kier molecular flexibility index (Phi) is 5.25. The van der Waals surface area contributed by atoms with Crippen molar-refractivity contribution in [1.29, 1.82) is 0 Å². The zero-order chi connectivity index (χ0) is 16.9. The Hall–Kier alpha value is -2.21. The number of aromatic nitrogens is 2. The Morgan fingerprint density at radius 1 is 1.17 bits per heavy atom. The smallest absolute Gasteiger partial charge is 0.261 e. The van der Waals surface area contributed by atoms with Crippen LogP contribution in [0.3, 0.4) is 0 Å². The van der Waals surface area contributed by atoms with Crippen molar-refractivity contribution in [1.82, 2.24) is 9.55 Å². The third-order valence-electron chi connectivity index (χ3n) is 3.66. The van der Waals surface area contributed by atoms with Crippen LogP contribution in [0.5, 0.6) is 0 Å². The van der Waals surface area contributed by atoms with Crippen LogP contribution in [0.2, 0.25) is 5.02 Å². The van der Waals surface area contributed by atoms with E-state index in [2.05, 4.69) is 4.98 Å². The van der Waals surface area contributed by atoms with Crippen LogP contribution in [-0.4, -0.2) is 27.4 Å². The number of hydrogen-bond acceptors (Lipinski definition) is 4. The molecule has 1 aromatic heterocycles. The fraction of sp³-hybridized carbons (Fsp3) is 0.222. The highest BCUT2D eigenvalue weighted by atomic mass is 35.5. The summed E-state index contributed by atoms with van der Waals surface area (Å²) in [6.45, 7) is 0.533. The minimum Gasteiger partial charge on any atom is -0.389 e. The van der Waals surface area contributed by atoms with E-state index in [-0.39, 0.29) is 18.7 Å². The van der Waals surface area contributed by atoms with Gasteiger partial charge in [-0.15, -0.1) is 0 Å². The number of rotatable bonds is 6. The standard InChI is InChI=1S/C18H17ClN2O3/c19-16-7-3-1-5-13(16)10-24-11-14(22)9-21-12-20-17-8-4-2-6-15(17)18(21)23/h1-8,12,14,22H,9-11H2/t14-/m0/s1. The van der Waals surface area contributed by atoms with E-state index in [1.54, 1.807) is 24.3 Å². The van der Waals surface area contributed by atoms with Crippen molar-refractivity contribution in [3.8, 4) is 0 Å². The molecule has 1 atom stereocenters. The lowest BCUT2D eigenvalue weighted by molar-refractivity contribution is 0.0198. The van der Waals surface area contributed by atoms with Gasteiger partial charge in [0.15, 0.2) is 0 Å². The minimum absolute atomic E-state index is 0.102. The van der Waals surface area contributed by atoms with Crippen LogP contribution >= 0.6 is 11.6 Å². The maximum absolute atomic E-state index is 12.4. The maximum atomic E-state index is 12.4. The summed E-state index contributed by atoms with van der Waals surface area (Å²) < 4.78 is 6.89. The molecule has 0 fully saturated rings. The molecular weight excluding hydrogens is 328 g/mol. The molecule has 0 aliphatic heterocycles. The first kappa shape index (κ1) is 16.6. The van der Waals surface area contributed by atoms with Crippen molar-refractivity contribution in [2.45, 2.75) is 19.3 Å². The summed E-state index contributed by atoms with van der Waals surface area (Å²) in [7, 11) is 0. The molecular formula is C18H17ClN2O3. The molecule has 1 heterocycles. The molecule has 2 aromatic carbocycles. The zero-order valence-corrected chi connectivity index (χ0v) is 13.7. The summed E-state index contributed by atoms with van der Waals surface area (Å²) >= 11 is 6.05. The molecule has 0 bridgehead atoms. The lowest BCUT2D eigenvalue weighted by Gasteiger charge is -2.13. The van der Waals surface area contributed by atoms with Crippen molar-refractivity contribution in [3.63, 3.8) is 0 Å². The third kappa shape index (κ3) is 3.82. The number of halogens is 1. The molecule has 0 amide bonds. The highest BCUT2D eigenvalue weighted by Crippen LogP contribution is 2.15. The Balaban J connectivity index is 1.61. The number of para-hydroxylation sites is 1. The van der Waals surface area contributed by atoms with Crippen LogP contribution in [0.4, 0.5) is 0 Å². The third-order valence-corrected chi connectivity index (χ3v) is 4.03. The number of nitrogens with zero attached hydrogens (tertiary/aromatic N) is 2. The van der Waals surface area contributed by atoms with Gasteiger partial charge < -0.3 is 9.84 Å². The SMILES string of the molecule is O=c1c2ccccc2ncn1C[C@H](O)COCc1ccccc1Cl. The molecule has 0 unspecified atom stereocenters. The fourth-order valence-electron chi connectivity index (χ4n) is 2.44. The van der Waals surface area contributed by atoms with Crippen LogP contribution in [0, 0.1) is 0 Å². The first-order valence-corrected chi connectivity index (χ1v) is 7.96. The number of ether oxygens (including phenoxy) is 1. The quantitative estimate of drug-likeness (QED) is 0.746. The number of benzene rings is 2. The van der Waals surface area contributed by atoms with Crippen LogP contribution in [0.25, 0.3) is 10.9 Å². The highest BCUT2D eigenvalue weighted by molar-refractivity contribution is 6.31. The Bertz CT molecular complexity index is 895. The van der Waals surface area contributed by atoms with E-state index in [1.807, 2.05) is 24.3 Å². The average molecular weight is 345 g/mol. The molecule has 0 spiro atoms. The normalized spacial score (nSPS) is 12.4. The number of aliphatic hydroxyl groups excluding tert-OH is 1. The van der Waals surface area contributed by atoms with Gasteiger partial charge in [-0.2, -0.15) is 0 Å². The molecule has 24 heavy (non-hydrogen) atoms. The van der Waals surface area contributed by atoms with Crippen molar-refractivity contribution < 1.29 is 9.84 Å². The van der Waals surface area contributed by atoms with Crippen molar-refractivity contribution in [3.05, 3.63) is 75.8 Å². The first-order chi connectivity index (χ1) is 11.6. The van der Waals surface area contributed by atoms with E-state index in [0.717, 1.165) is 5.56 Å². The van der Waals surface area contributed by atoms with E-state index < -0.39 is 6.10 Å². The summed E-state index contributed by atoms with van der Waals surface area (Å²) in [5, 5.41) is 11.3. The van der Waals surface area contributed by atoms with Crippen LogP contribution < -0.4 is 5.56 Å². The number of aliphatic hydroxyl groups is 1. The first-order valence-electron chi connectivity index (χ1n) is 7.58. The molecule has 0 aliphatic rings. The second-order valence-electron chi connectivity index (χ2n) is 5.48. The zero-order valence-electron chi connectivity index (χ0n) is 12.9. The van der Waals surface area contributed by atoms with E-state index in [9.17, 15) is 9.90 Å². The van der Waals surface area contributed by atoms with Crippen LogP contribution in [0.15, 0.2) is 59.7 Å². The van der Waals surface area contributed by atoms with E-state index in [0.29, 0.717) is 22.5 Å².